The lowest BCUT2D eigenvalue weighted by atomic mass is 9.89. The van der Waals surface area contributed by atoms with Crippen molar-refractivity contribution in [1.29, 1.82) is 0 Å². The molecule has 0 spiro atoms. The Morgan fingerprint density at radius 3 is 2.26 bits per heavy atom. The SMILES string of the molecule is COc1cc(C(=O)N2CCCC(C(C)C)CC2)cc(OC)c1C. The van der Waals surface area contributed by atoms with Gasteiger partial charge < -0.3 is 14.4 Å². The van der Waals surface area contributed by atoms with E-state index in [0.29, 0.717) is 23.0 Å². The summed E-state index contributed by atoms with van der Waals surface area (Å²) in [6.07, 6.45) is 3.38. The van der Waals surface area contributed by atoms with Crippen molar-refractivity contribution >= 4 is 5.91 Å². The van der Waals surface area contributed by atoms with Crippen LogP contribution in [0.1, 0.15) is 49.0 Å². The van der Waals surface area contributed by atoms with Crippen molar-refractivity contribution < 1.29 is 14.3 Å². The van der Waals surface area contributed by atoms with Gasteiger partial charge in [-0.1, -0.05) is 13.8 Å². The lowest BCUT2D eigenvalue weighted by molar-refractivity contribution is 0.0758. The minimum atomic E-state index is 0.0750. The van der Waals surface area contributed by atoms with Crippen molar-refractivity contribution in [2.24, 2.45) is 11.8 Å². The van der Waals surface area contributed by atoms with Gasteiger partial charge in [-0.05, 0) is 50.2 Å². The molecule has 2 rings (SSSR count). The van der Waals surface area contributed by atoms with E-state index < -0.39 is 0 Å². The Morgan fingerprint density at radius 2 is 1.74 bits per heavy atom. The van der Waals surface area contributed by atoms with Gasteiger partial charge in [-0.25, -0.2) is 0 Å². The van der Waals surface area contributed by atoms with Crippen LogP contribution in [-0.4, -0.2) is 38.1 Å². The number of amides is 1. The smallest absolute Gasteiger partial charge is 0.254 e. The number of rotatable bonds is 4. The molecule has 0 aliphatic carbocycles. The highest BCUT2D eigenvalue weighted by molar-refractivity contribution is 5.95. The molecule has 1 saturated heterocycles. The molecule has 23 heavy (non-hydrogen) atoms. The van der Waals surface area contributed by atoms with Crippen LogP contribution in [-0.2, 0) is 0 Å². The number of carbonyl (C=O) groups is 1. The van der Waals surface area contributed by atoms with Gasteiger partial charge in [0.1, 0.15) is 11.5 Å². The molecule has 128 valence electrons. The summed E-state index contributed by atoms with van der Waals surface area (Å²) in [6, 6.07) is 3.65. The van der Waals surface area contributed by atoms with Crippen molar-refractivity contribution in [1.82, 2.24) is 4.90 Å². The quantitative estimate of drug-likeness (QED) is 0.844. The Balaban J connectivity index is 2.20. The summed E-state index contributed by atoms with van der Waals surface area (Å²) in [5, 5.41) is 0. The predicted molar refractivity (Wildman–Crippen MR) is 92.4 cm³/mol. The van der Waals surface area contributed by atoms with Gasteiger partial charge in [0.15, 0.2) is 0 Å². The second-order valence-electron chi connectivity index (χ2n) is 6.73. The van der Waals surface area contributed by atoms with Crippen LogP contribution >= 0.6 is 0 Å². The first-order valence-electron chi connectivity index (χ1n) is 8.49. The highest BCUT2D eigenvalue weighted by atomic mass is 16.5. The number of hydrogen-bond acceptors (Lipinski definition) is 3. The molecule has 1 aromatic carbocycles. The summed E-state index contributed by atoms with van der Waals surface area (Å²) >= 11 is 0. The summed E-state index contributed by atoms with van der Waals surface area (Å²) in [5.41, 5.74) is 1.56. The maximum atomic E-state index is 12.9. The van der Waals surface area contributed by atoms with Crippen molar-refractivity contribution in [3.8, 4) is 11.5 Å². The Hall–Kier alpha value is -1.71. The molecule has 0 radical (unpaired) electrons. The van der Waals surface area contributed by atoms with E-state index in [1.54, 1.807) is 14.2 Å². The standard InChI is InChI=1S/C19H29NO3/c1-13(2)15-7-6-9-20(10-8-15)19(21)16-11-17(22-4)14(3)18(12-16)23-5/h11-13,15H,6-10H2,1-5H3. The average Bonchev–Trinajstić information content (AvgIpc) is 2.80. The number of likely N-dealkylation sites (tertiary alicyclic amines) is 1. The molecule has 1 amide bonds. The van der Waals surface area contributed by atoms with Crippen molar-refractivity contribution in [3.05, 3.63) is 23.3 Å². The lowest BCUT2D eigenvalue weighted by Gasteiger charge is -2.22. The van der Waals surface area contributed by atoms with E-state index in [-0.39, 0.29) is 5.91 Å². The van der Waals surface area contributed by atoms with Gasteiger partial charge in [-0.15, -0.1) is 0 Å². The van der Waals surface area contributed by atoms with Gasteiger partial charge in [-0.3, -0.25) is 4.79 Å². The number of methoxy groups -OCH3 is 2. The molecule has 1 fully saturated rings. The van der Waals surface area contributed by atoms with E-state index in [4.69, 9.17) is 9.47 Å². The summed E-state index contributed by atoms with van der Waals surface area (Å²) in [5.74, 6) is 2.87. The normalized spacial score (nSPS) is 18.7. The first-order valence-corrected chi connectivity index (χ1v) is 8.49. The molecule has 1 aliphatic rings. The Bertz CT molecular complexity index is 529. The number of nitrogens with zero attached hydrogens (tertiary/aromatic N) is 1. The van der Waals surface area contributed by atoms with E-state index in [1.165, 1.54) is 6.42 Å². The van der Waals surface area contributed by atoms with Gasteiger partial charge in [0.25, 0.3) is 5.91 Å². The number of carbonyl (C=O) groups excluding carboxylic acids is 1. The zero-order chi connectivity index (χ0) is 17.0. The predicted octanol–water partition coefficient (Wildman–Crippen LogP) is 3.91. The minimum absolute atomic E-state index is 0.0750. The van der Waals surface area contributed by atoms with E-state index in [1.807, 2.05) is 24.0 Å². The van der Waals surface area contributed by atoms with Crippen molar-refractivity contribution in [2.75, 3.05) is 27.3 Å². The number of ether oxygens (including phenoxy) is 2. The van der Waals surface area contributed by atoms with Crippen LogP contribution in [0.25, 0.3) is 0 Å². The van der Waals surface area contributed by atoms with Crippen LogP contribution in [0.15, 0.2) is 12.1 Å². The molecular formula is C19H29NO3. The van der Waals surface area contributed by atoms with Gasteiger partial charge in [-0.2, -0.15) is 0 Å². The summed E-state index contributed by atoms with van der Waals surface area (Å²) < 4.78 is 10.8. The molecule has 1 heterocycles. The zero-order valence-corrected chi connectivity index (χ0v) is 15.0. The van der Waals surface area contributed by atoms with Gasteiger partial charge >= 0.3 is 0 Å². The zero-order valence-electron chi connectivity index (χ0n) is 15.0. The topological polar surface area (TPSA) is 38.8 Å². The maximum absolute atomic E-state index is 12.9. The molecule has 4 nitrogen and oxygen atoms in total. The van der Waals surface area contributed by atoms with Crippen molar-refractivity contribution in [3.63, 3.8) is 0 Å². The Labute approximate surface area is 139 Å². The fourth-order valence-electron chi connectivity index (χ4n) is 3.38. The third kappa shape index (κ3) is 3.98. The summed E-state index contributed by atoms with van der Waals surface area (Å²) in [7, 11) is 3.24. The first-order chi connectivity index (χ1) is 11.0. The molecule has 1 unspecified atom stereocenters. The lowest BCUT2D eigenvalue weighted by Crippen LogP contribution is -2.32. The van der Waals surface area contributed by atoms with E-state index in [9.17, 15) is 4.79 Å². The van der Waals surface area contributed by atoms with Crippen molar-refractivity contribution in [2.45, 2.75) is 40.0 Å². The second kappa shape index (κ2) is 7.71. The molecule has 0 saturated carbocycles. The Morgan fingerprint density at radius 1 is 1.13 bits per heavy atom. The highest BCUT2D eigenvalue weighted by Crippen LogP contribution is 2.31. The molecule has 0 N–H and O–H groups in total. The second-order valence-corrected chi connectivity index (χ2v) is 6.73. The molecular weight excluding hydrogens is 290 g/mol. The molecule has 4 heteroatoms. The van der Waals surface area contributed by atoms with E-state index in [0.717, 1.165) is 37.4 Å². The van der Waals surface area contributed by atoms with Crippen LogP contribution in [0.5, 0.6) is 11.5 Å². The van der Waals surface area contributed by atoms with E-state index >= 15 is 0 Å². The molecule has 0 bridgehead atoms. The monoisotopic (exact) mass is 319 g/mol. The van der Waals surface area contributed by atoms with E-state index in [2.05, 4.69) is 13.8 Å². The van der Waals surface area contributed by atoms with Crippen LogP contribution in [0.2, 0.25) is 0 Å². The minimum Gasteiger partial charge on any atom is -0.496 e. The highest BCUT2D eigenvalue weighted by Gasteiger charge is 2.24. The summed E-state index contributed by atoms with van der Waals surface area (Å²) in [4.78, 5) is 14.9. The maximum Gasteiger partial charge on any atom is 0.254 e. The first kappa shape index (κ1) is 17.6. The third-order valence-corrected chi connectivity index (χ3v) is 5.00. The summed E-state index contributed by atoms with van der Waals surface area (Å²) in [6.45, 7) is 8.15. The van der Waals surface area contributed by atoms with Crippen LogP contribution in [0.3, 0.4) is 0 Å². The Kier molecular flexibility index (Phi) is 5.91. The average molecular weight is 319 g/mol. The van der Waals surface area contributed by atoms with Crippen LogP contribution in [0, 0.1) is 18.8 Å². The molecule has 1 aliphatic heterocycles. The fraction of sp³-hybridized carbons (Fsp3) is 0.632. The number of hydrogen-bond donors (Lipinski definition) is 0. The number of benzene rings is 1. The van der Waals surface area contributed by atoms with Gasteiger partial charge in [0.2, 0.25) is 0 Å². The van der Waals surface area contributed by atoms with Crippen LogP contribution in [0.4, 0.5) is 0 Å². The van der Waals surface area contributed by atoms with Gasteiger partial charge in [0, 0.05) is 24.2 Å². The molecule has 1 atom stereocenters. The third-order valence-electron chi connectivity index (χ3n) is 5.00. The molecule has 0 aromatic heterocycles. The van der Waals surface area contributed by atoms with Gasteiger partial charge in [0.05, 0.1) is 14.2 Å². The largest absolute Gasteiger partial charge is 0.496 e. The van der Waals surface area contributed by atoms with Crippen LogP contribution < -0.4 is 9.47 Å². The molecule has 1 aromatic rings. The fourth-order valence-corrected chi connectivity index (χ4v) is 3.38.